The van der Waals surface area contributed by atoms with Crippen LogP contribution in [0.1, 0.15) is 71.1 Å². The van der Waals surface area contributed by atoms with Crippen LogP contribution in [0, 0.1) is 11.3 Å². The Kier molecular flexibility index (Phi) is 6.35. The van der Waals surface area contributed by atoms with Crippen LogP contribution in [0.25, 0.3) is 0 Å². The van der Waals surface area contributed by atoms with Gasteiger partial charge in [-0.15, -0.1) is 0 Å². The molecule has 2 aliphatic rings. The van der Waals surface area contributed by atoms with Gasteiger partial charge in [-0.1, -0.05) is 45.4 Å². The Bertz CT molecular complexity index is 269. The Morgan fingerprint density at radius 1 is 1.05 bits per heavy atom. The number of hydrogen-bond donors (Lipinski definition) is 1. The standard InChI is InChI=1S/C18H36N2/c1-16-9-8-10-17(13-16)20(3)15-18(14-19-2)11-6-4-5-7-12-18/h16-17,19H,4-15H2,1-3H3. The van der Waals surface area contributed by atoms with Gasteiger partial charge in [0.1, 0.15) is 0 Å². The molecule has 0 saturated heterocycles. The van der Waals surface area contributed by atoms with Crippen molar-refractivity contribution in [1.82, 2.24) is 10.2 Å². The highest BCUT2D eigenvalue weighted by atomic mass is 15.1. The highest BCUT2D eigenvalue weighted by molar-refractivity contribution is 4.88. The third-order valence-corrected chi connectivity index (χ3v) is 5.83. The minimum atomic E-state index is 0.542. The maximum Gasteiger partial charge on any atom is 0.00949 e. The number of nitrogens with zero attached hydrogens (tertiary/aromatic N) is 1. The molecule has 2 saturated carbocycles. The van der Waals surface area contributed by atoms with Gasteiger partial charge >= 0.3 is 0 Å². The molecule has 0 radical (unpaired) electrons. The molecule has 2 heteroatoms. The molecule has 2 rings (SSSR count). The minimum Gasteiger partial charge on any atom is -0.319 e. The number of rotatable bonds is 5. The van der Waals surface area contributed by atoms with Crippen LogP contribution in [-0.4, -0.2) is 38.1 Å². The van der Waals surface area contributed by atoms with Gasteiger partial charge in [-0.2, -0.15) is 0 Å². The van der Waals surface area contributed by atoms with E-state index in [-0.39, 0.29) is 0 Å². The highest BCUT2D eigenvalue weighted by Gasteiger charge is 2.34. The first-order valence-electron chi connectivity index (χ1n) is 9.00. The summed E-state index contributed by atoms with van der Waals surface area (Å²) in [6.07, 6.45) is 14.4. The van der Waals surface area contributed by atoms with Crippen molar-refractivity contribution in [3.63, 3.8) is 0 Å². The normalized spacial score (nSPS) is 31.2. The maximum atomic E-state index is 3.50. The molecule has 0 heterocycles. The van der Waals surface area contributed by atoms with Crippen LogP contribution < -0.4 is 5.32 Å². The lowest BCUT2D eigenvalue weighted by Gasteiger charge is -2.42. The first-order chi connectivity index (χ1) is 9.65. The van der Waals surface area contributed by atoms with Gasteiger partial charge < -0.3 is 10.2 Å². The molecule has 2 nitrogen and oxygen atoms in total. The van der Waals surface area contributed by atoms with Crippen LogP contribution in [0.4, 0.5) is 0 Å². The molecule has 0 amide bonds. The van der Waals surface area contributed by atoms with E-state index in [9.17, 15) is 0 Å². The quantitative estimate of drug-likeness (QED) is 0.764. The number of hydrogen-bond acceptors (Lipinski definition) is 2. The molecule has 2 atom stereocenters. The zero-order valence-corrected chi connectivity index (χ0v) is 14.1. The molecule has 0 spiro atoms. The van der Waals surface area contributed by atoms with Gasteiger partial charge in [0.05, 0.1) is 0 Å². The zero-order chi connectivity index (χ0) is 14.4. The molecule has 0 bridgehead atoms. The summed E-state index contributed by atoms with van der Waals surface area (Å²) in [6.45, 7) is 4.96. The predicted molar refractivity (Wildman–Crippen MR) is 88.1 cm³/mol. The third-order valence-electron chi connectivity index (χ3n) is 5.83. The van der Waals surface area contributed by atoms with E-state index >= 15 is 0 Å². The van der Waals surface area contributed by atoms with Crippen LogP contribution in [-0.2, 0) is 0 Å². The monoisotopic (exact) mass is 280 g/mol. The second kappa shape index (κ2) is 7.79. The van der Waals surface area contributed by atoms with Crippen LogP contribution in [0.5, 0.6) is 0 Å². The fourth-order valence-electron chi connectivity index (χ4n) is 4.70. The molecule has 0 aromatic heterocycles. The third kappa shape index (κ3) is 4.46. The molecule has 0 aliphatic heterocycles. The van der Waals surface area contributed by atoms with Crippen LogP contribution in [0.15, 0.2) is 0 Å². The van der Waals surface area contributed by atoms with Gasteiger partial charge in [0.15, 0.2) is 0 Å². The summed E-state index contributed by atoms with van der Waals surface area (Å²) < 4.78 is 0. The first-order valence-corrected chi connectivity index (χ1v) is 9.00. The molecule has 1 N–H and O–H groups in total. The number of nitrogens with one attached hydrogen (secondary N) is 1. The molecule has 2 fully saturated rings. The summed E-state index contributed by atoms with van der Waals surface area (Å²) in [7, 11) is 4.53. The van der Waals surface area contributed by atoms with E-state index in [1.54, 1.807) is 0 Å². The summed E-state index contributed by atoms with van der Waals surface area (Å²) in [5, 5.41) is 3.50. The van der Waals surface area contributed by atoms with Crippen LogP contribution in [0.3, 0.4) is 0 Å². The summed E-state index contributed by atoms with van der Waals surface area (Å²) >= 11 is 0. The van der Waals surface area contributed by atoms with E-state index in [4.69, 9.17) is 0 Å². The van der Waals surface area contributed by atoms with Gasteiger partial charge in [-0.25, -0.2) is 0 Å². The first kappa shape index (κ1) is 16.3. The lowest BCUT2D eigenvalue weighted by molar-refractivity contribution is 0.0885. The Morgan fingerprint density at radius 2 is 1.75 bits per heavy atom. The van der Waals surface area contributed by atoms with Gasteiger partial charge in [-0.05, 0) is 51.1 Å². The van der Waals surface area contributed by atoms with E-state index in [0.29, 0.717) is 5.41 Å². The summed E-state index contributed by atoms with van der Waals surface area (Å²) in [4.78, 5) is 2.72. The lowest BCUT2D eigenvalue weighted by Crippen LogP contribution is -2.46. The fraction of sp³-hybridized carbons (Fsp3) is 1.00. The molecule has 2 aliphatic carbocycles. The zero-order valence-electron chi connectivity index (χ0n) is 14.1. The van der Waals surface area contributed by atoms with Crippen LogP contribution >= 0.6 is 0 Å². The lowest BCUT2D eigenvalue weighted by atomic mass is 9.78. The second-order valence-corrected chi connectivity index (χ2v) is 7.79. The predicted octanol–water partition coefficient (Wildman–Crippen LogP) is 4.06. The van der Waals surface area contributed by atoms with Crippen molar-refractivity contribution in [3.8, 4) is 0 Å². The average Bonchev–Trinajstić information content (AvgIpc) is 2.65. The molecule has 2 unspecified atom stereocenters. The largest absolute Gasteiger partial charge is 0.319 e. The van der Waals surface area contributed by atoms with E-state index in [1.807, 2.05) is 0 Å². The van der Waals surface area contributed by atoms with Crippen molar-refractivity contribution >= 4 is 0 Å². The second-order valence-electron chi connectivity index (χ2n) is 7.79. The maximum absolute atomic E-state index is 3.50. The molecule has 0 aromatic carbocycles. The Morgan fingerprint density at radius 3 is 2.35 bits per heavy atom. The fourth-order valence-corrected chi connectivity index (χ4v) is 4.70. The van der Waals surface area contributed by atoms with Crippen molar-refractivity contribution in [2.24, 2.45) is 11.3 Å². The molecule has 118 valence electrons. The van der Waals surface area contributed by atoms with Crippen molar-refractivity contribution < 1.29 is 0 Å². The summed E-state index contributed by atoms with van der Waals surface area (Å²) in [6, 6.07) is 0.843. The smallest absolute Gasteiger partial charge is 0.00949 e. The van der Waals surface area contributed by atoms with Gasteiger partial charge in [-0.3, -0.25) is 0 Å². The van der Waals surface area contributed by atoms with E-state index < -0.39 is 0 Å². The van der Waals surface area contributed by atoms with Crippen molar-refractivity contribution in [2.75, 3.05) is 27.2 Å². The molecule has 20 heavy (non-hydrogen) atoms. The van der Waals surface area contributed by atoms with E-state index in [0.717, 1.165) is 12.0 Å². The van der Waals surface area contributed by atoms with Crippen LogP contribution in [0.2, 0.25) is 0 Å². The van der Waals surface area contributed by atoms with Gasteiger partial charge in [0.25, 0.3) is 0 Å². The van der Waals surface area contributed by atoms with E-state index in [2.05, 4.69) is 31.2 Å². The van der Waals surface area contributed by atoms with Crippen molar-refractivity contribution in [1.29, 1.82) is 0 Å². The Hall–Kier alpha value is -0.0800. The topological polar surface area (TPSA) is 15.3 Å². The average molecular weight is 280 g/mol. The molecule has 0 aromatic rings. The Labute approximate surface area is 126 Å². The van der Waals surface area contributed by atoms with Crippen molar-refractivity contribution in [2.45, 2.75) is 77.2 Å². The van der Waals surface area contributed by atoms with E-state index in [1.165, 1.54) is 77.3 Å². The van der Waals surface area contributed by atoms with Gasteiger partial charge in [0.2, 0.25) is 0 Å². The summed E-state index contributed by atoms with van der Waals surface area (Å²) in [5.41, 5.74) is 0.542. The molecular weight excluding hydrogens is 244 g/mol. The van der Waals surface area contributed by atoms with Crippen molar-refractivity contribution in [3.05, 3.63) is 0 Å². The molecular formula is C18H36N2. The van der Waals surface area contributed by atoms with Gasteiger partial charge in [0, 0.05) is 19.1 Å². The Balaban J connectivity index is 1.95. The highest BCUT2D eigenvalue weighted by Crippen LogP contribution is 2.37. The summed E-state index contributed by atoms with van der Waals surface area (Å²) in [5.74, 6) is 0.936. The minimum absolute atomic E-state index is 0.542. The SMILES string of the molecule is CNCC1(CN(C)C2CCCC(C)C2)CCCCCC1.